The zero-order valence-electron chi connectivity index (χ0n) is 19.0. The van der Waals surface area contributed by atoms with Gasteiger partial charge in [-0.25, -0.2) is 13.4 Å². The molecule has 182 valence electrons. The molecule has 1 aliphatic rings. The lowest BCUT2D eigenvalue weighted by Gasteiger charge is -2.22. The van der Waals surface area contributed by atoms with Gasteiger partial charge < -0.3 is 5.32 Å². The smallest absolute Gasteiger partial charge is 0.263 e. The number of nitrogens with one attached hydrogen (secondary N) is 2. The first-order valence-corrected chi connectivity index (χ1v) is 14.0. The lowest BCUT2D eigenvalue weighted by molar-refractivity contribution is 0.601. The summed E-state index contributed by atoms with van der Waals surface area (Å²) < 4.78 is 33.7. The van der Waals surface area contributed by atoms with Crippen molar-refractivity contribution in [2.45, 2.75) is 24.4 Å². The summed E-state index contributed by atoms with van der Waals surface area (Å²) in [6, 6.07) is 17.3. The van der Waals surface area contributed by atoms with Crippen LogP contribution in [0.4, 0.5) is 5.13 Å². The molecule has 3 aromatic carbocycles. The maximum atomic E-state index is 12.8. The van der Waals surface area contributed by atoms with E-state index in [1.165, 1.54) is 23.0 Å². The summed E-state index contributed by atoms with van der Waals surface area (Å²) in [5.74, 6) is 0. The van der Waals surface area contributed by atoms with Crippen molar-refractivity contribution in [2.24, 2.45) is 0 Å². The molecule has 0 atom stereocenters. The third kappa shape index (κ3) is 4.37. The third-order valence-electron chi connectivity index (χ3n) is 6.33. The van der Waals surface area contributed by atoms with Crippen LogP contribution in [0.2, 0.25) is 5.02 Å². The van der Waals surface area contributed by atoms with Crippen LogP contribution in [-0.2, 0) is 29.5 Å². The fourth-order valence-electron chi connectivity index (χ4n) is 4.62. The van der Waals surface area contributed by atoms with Crippen LogP contribution in [0.3, 0.4) is 0 Å². The van der Waals surface area contributed by atoms with Crippen molar-refractivity contribution in [1.29, 1.82) is 0 Å². The molecule has 0 radical (unpaired) electrons. The minimum Gasteiger partial charge on any atom is -0.312 e. The summed E-state index contributed by atoms with van der Waals surface area (Å²) >= 11 is 7.41. The maximum absolute atomic E-state index is 12.8. The summed E-state index contributed by atoms with van der Waals surface area (Å²) in [5, 5.41) is 9.67. The molecule has 5 aromatic rings. The van der Waals surface area contributed by atoms with Crippen molar-refractivity contribution in [3.8, 4) is 11.1 Å². The van der Waals surface area contributed by atoms with Gasteiger partial charge in [-0.15, -0.1) is 0 Å². The molecule has 0 spiro atoms. The van der Waals surface area contributed by atoms with Gasteiger partial charge in [-0.05, 0) is 71.1 Å². The van der Waals surface area contributed by atoms with Crippen molar-refractivity contribution in [1.82, 2.24) is 24.5 Å². The van der Waals surface area contributed by atoms with E-state index in [0.717, 1.165) is 53.1 Å². The van der Waals surface area contributed by atoms with Crippen LogP contribution in [0.1, 0.15) is 16.7 Å². The number of hydrogen-bond acceptors (Lipinski definition) is 7. The van der Waals surface area contributed by atoms with E-state index < -0.39 is 10.0 Å². The molecule has 0 saturated heterocycles. The van der Waals surface area contributed by atoms with E-state index in [2.05, 4.69) is 42.7 Å². The maximum Gasteiger partial charge on any atom is 0.263 e. The van der Waals surface area contributed by atoms with E-state index in [-0.39, 0.29) is 10.0 Å². The highest BCUT2D eigenvalue weighted by Crippen LogP contribution is 2.33. The molecule has 0 amide bonds. The van der Waals surface area contributed by atoms with Crippen molar-refractivity contribution < 1.29 is 8.42 Å². The van der Waals surface area contributed by atoms with E-state index in [1.54, 1.807) is 24.4 Å². The van der Waals surface area contributed by atoms with Crippen molar-refractivity contribution in [2.75, 3.05) is 11.3 Å². The number of hydrogen-bond donors (Lipinski definition) is 2. The second-order valence-electron chi connectivity index (χ2n) is 8.55. The Bertz CT molecular complexity index is 1680. The van der Waals surface area contributed by atoms with Crippen LogP contribution >= 0.6 is 23.1 Å². The van der Waals surface area contributed by atoms with Crippen LogP contribution in [-0.4, -0.2) is 34.1 Å². The molecule has 2 aromatic heterocycles. The minimum atomic E-state index is -3.78. The number of rotatable bonds is 6. The average Bonchev–Trinajstić information content (AvgIpc) is 3.54. The van der Waals surface area contributed by atoms with Gasteiger partial charge in [0.2, 0.25) is 5.13 Å². The molecule has 0 bridgehead atoms. The monoisotopic (exact) mass is 536 g/mol. The van der Waals surface area contributed by atoms with Crippen molar-refractivity contribution >= 4 is 49.2 Å². The lowest BCUT2D eigenvalue weighted by atomic mass is 9.90. The van der Waals surface area contributed by atoms with Gasteiger partial charge in [-0.2, -0.15) is 9.47 Å². The van der Waals surface area contributed by atoms with Crippen LogP contribution in [0.15, 0.2) is 72.0 Å². The topological polar surface area (TPSA) is 102 Å². The number of aromatic nitrogens is 4. The molecular formula is C25H21ClN6O2S2. The second-order valence-corrected chi connectivity index (χ2v) is 11.4. The predicted octanol–water partition coefficient (Wildman–Crippen LogP) is 4.70. The molecule has 0 saturated carbocycles. The zero-order chi connectivity index (χ0) is 24.7. The van der Waals surface area contributed by atoms with Crippen LogP contribution in [0.25, 0.3) is 22.0 Å². The van der Waals surface area contributed by atoms with Gasteiger partial charge in [0.15, 0.2) is 0 Å². The quantitative estimate of drug-likeness (QED) is 0.326. The number of benzene rings is 3. The van der Waals surface area contributed by atoms with Crippen LogP contribution in [0.5, 0.6) is 0 Å². The highest BCUT2D eigenvalue weighted by Gasteiger charge is 2.19. The van der Waals surface area contributed by atoms with E-state index in [0.29, 0.717) is 11.6 Å². The van der Waals surface area contributed by atoms with Crippen LogP contribution < -0.4 is 10.0 Å². The summed E-state index contributed by atoms with van der Waals surface area (Å²) in [5.41, 5.74) is 6.82. The Kier molecular flexibility index (Phi) is 5.96. The standard InChI is InChI=1S/C25H21ClN6O2S2/c26-19-5-4-17(22(11-19)21-3-1-2-16-8-9-27-13-23(16)21)14-32-24-7-6-20(10-18(24)12-29-32)36(33,34)31-25-28-15-30-35-25/h1-7,10-12,15,27H,8-9,13-14H2,(H,28,30,31). The average molecular weight is 537 g/mol. The number of fused-ring (bicyclic) bond motifs is 2. The van der Waals surface area contributed by atoms with Gasteiger partial charge in [0.1, 0.15) is 6.33 Å². The number of anilines is 1. The Labute approximate surface area is 217 Å². The molecule has 36 heavy (non-hydrogen) atoms. The van der Waals surface area contributed by atoms with E-state index in [1.807, 2.05) is 22.9 Å². The number of sulfonamides is 1. The first kappa shape index (κ1) is 23.1. The van der Waals surface area contributed by atoms with Gasteiger partial charge in [-0.1, -0.05) is 35.9 Å². The van der Waals surface area contributed by atoms with Gasteiger partial charge >= 0.3 is 0 Å². The van der Waals surface area contributed by atoms with Gasteiger partial charge in [0.25, 0.3) is 10.0 Å². The molecule has 3 heterocycles. The lowest BCUT2D eigenvalue weighted by Crippen LogP contribution is -2.24. The Morgan fingerprint density at radius 2 is 2.03 bits per heavy atom. The molecule has 1 aliphatic heterocycles. The molecule has 6 rings (SSSR count). The third-order valence-corrected chi connectivity index (χ3v) is 8.62. The fraction of sp³-hybridized carbons (Fsp3) is 0.160. The Morgan fingerprint density at radius 3 is 2.89 bits per heavy atom. The molecule has 2 N–H and O–H groups in total. The van der Waals surface area contributed by atoms with E-state index in [9.17, 15) is 8.42 Å². The summed E-state index contributed by atoms with van der Waals surface area (Å²) in [6.07, 6.45) is 3.99. The zero-order valence-corrected chi connectivity index (χ0v) is 21.4. The largest absolute Gasteiger partial charge is 0.312 e. The summed E-state index contributed by atoms with van der Waals surface area (Å²) in [6.45, 7) is 2.32. The van der Waals surface area contributed by atoms with Gasteiger partial charge in [-0.3, -0.25) is 9.40 Å². The normalized spacial score (nSPS) is 13.6. The number of halogens is 1. The molecule has 0 unspecified atom stereocenters. The molecule has 8 nitrogen and oxygen atoms in total. The fourth-order valence-corrected chi connectivity index (χ4v) is 6.48. The molecule has 0 aliphatic carbocycles. The molecule has 0 fully saturated rings. The van der Waals surface area contributed by atoms with Crippen molar-refractivity contribution in [3.63, 3.8) is 0 Å². The predicted molar refractivity (Wildman–Crippen MR) is 142 cm³/mol. The molecule has 11 heteroatoms. The SMILES string of the molecule is O=S(=O)(Nc1ncns1)c1ccc2c(cnn2Cc2ccc(Cl)cc2-c2cccc3c2CNCC3)c1. The highest BCUT2D eigenvalue weighted by molar-refractivity contribution is 7.93. The summed E-state index contributed by atoms with van der Waals surface area (Å²) in [7, 11) is -3.78. The Hall–Kier alpha value is -3.31. The molecular weight excluding hydrogens is 516 g/mol. The second kappa shape index (κ2) is 9.29. The van der Waals surface area contributed by atoms with Crippen molar-refractivity contribution in [3.05, 3.63) is 88.8 Å². The Balaban J connectivity index is 1.36. The van der Waals surface area contributed by atoms with Gasteiger partial charge in [0, 0.05) is 28.5 Å². The van der Waals surface area contributed by atoms with Crippen LogP contribution in [0, 0.1) is 0 Å². The summed E-state index contributed by atoms with van der Waals surface area (Å²) in [4.78, 5) is 4.03. The van der Waals surface area contributed by atoms with E-state index in [4.69, 9.17) is 11.6 Å². The Morgan fingerprint density at radius 1 is 1.11 bits per heavy atom. The first-order chi connectivity index (χ1) is 17.5. The number of nitrogens with zero attached hydrogens (tertiary/aromatic N) is 4. The van der Waals surface area contributed by atoms with E-state index >= 15 is 0 Å². The van der Waals surface area contributed by atoms with Gasteiger partial charge in [0.05, 0.1) is 23.2 Å². The minimum absolute atomic E-state index is 0.139. The first-order valence-electron chi connectivity index (χ1n) is 11.3. The highest BCUT2D eigenvalue weighted by atomic mass is 35.5.